The van der Waals surface area contributed by atoms with Crippen molar-refractivity contribution in [1.82, 2.24) is 29.2 Å². The zero-order valence-corrected chi connectivity index (χ0v) is 20.1. The Balaban J connectivity index is 0.000000454. The standard InChI is InChI=1S/C20H22N6O2S.C2HF3O2/c1-14-23-15(12-29-14)10-25-11-16(22-13-25)19-24-18(17-6-3-4-8-26(17)19)20(27)21-7-5-9-28-2;3-2(4,5)1(6)7/h3-4,6,8,11-13H,5,7,9-10H2,1-2H3,(H,21,27);(H,6,7). The van der Waals surface area contributed by atoms with E-state index < -0.39 is 12.1 Å². The molecule has 0 aliphatic rings. The molecule has 192 valence electrons. The molecule has 4 aromatic rings. The Hall–Kier alpha value is -3.78. The molecule has 4 heterocycles. The summed E-state index contributed by atoms with van der Waals surface area (Å²) in [6.45, 7) is 3.78. The highest BCUT2D eigenvalue weighted by molar-refractivity contribution is 7.09. The minimum atomic E-state index is -5.08. The third-order valence-corrected chi connectivity index (χ3v) is 5.51. The number of carboxylic acids is 1. The van der Waals surface area contributed by atoms with E-state index >= 15 is 0 Å². The van der Waals surface area contributed by atoms with Gasteiger partial charge in [-0.15, -0.1) is 11.3 Å². The lowest BCUT2D eigenvalue weighted by Crippen LogP contribution is -2.25. The molecule has 4 aromatic heterocycles. The van der Waals surface area contributed by atoms with Gasteiger partial charge >= 0.3 is 12.1 Å². The summed E-state index contributed by atoms with van der Waals surface area (Å²) in [6, 6.07) is 5.69. The predicted octanol–water partition coefficient (Wildman–Crippen LogP) is 3.41. The predicted molar refractivity (Wildman–Crippen MR) is 125 cm³/mol. The Bertz CT molecular complexity index is 1330. The van der Waals surface area contributed by atoms with Crippen LogP contribution in [0.2, 0.25) is 0 Å². The van der Waals surface area contributed by atoms with Gasteiger partial charge in [0.2, 0.25) is 0 Å². The number of pyridine rings is 1. The van der Waals surface area contributed by atoms with Crippen LogP contribution in [0.15, 0.2) is 42.3 Å². The number of hydrogen-bond acceptors (Lipinski definition) is 7. The third kappa shape index (κ3) is 6.88. The van der Waals surface area contributed by atoms with Gasteiger partial charge in [-0.2, -0.15) is 13.2 Å². The number of fused-ring (bicyclic) bond motifs is 1. The first-order valence-electron chi connectivity index (χ1n) is 10.6. The van der Waals surface area contributed by atoms with E-state index in [-0.39, 0.29) is 5.91 Å². The van der Waals surface area contributed by atoms with Crippen LogP contribution in [0, 0.1) is 6.92 Å². The Labute approximate surface area is 207 Å². The van der Waals surface area contributed by atoms with Crippen molar-refractivity contribution in [3.8, 4) is 11.5 Å². The van der Waals surface area contributed by atoms with Crippen LogP contribution >= 0.6 is 11.3 Å². The highest BCUT2D eigenvalue weighted by atomic mass is 32.1. The summed E-state index contributed by atoms with van der Waals surface area (Å²) in [5, 5.41) is 13.1. The zero-order valence-electron chi connectivity index (χ0n) is 19.3. The maximum absolute atomic E-state index is 12.7. The van der Waals surface area contributed by atoms with Gasteiger partial charge in [-0.05, 0) is 25.5 Å². The molecule has 0 aromatic carbocycles. The summed E-state index contributed by atoms with van der Waals surface area (Å²) in [7, 11) is 1.64. The molecule has 14 heteroatoms. The average Bonchev–Trinajstić information content (AvgIpc) is 3.55. The lowest BCUT2D eigenvalue weighted by molar-refractivity contribution is -0.192. The van der Waals surface area contributed by atoms with Gasteiger partial charge < -0.3 is 19.7 Å². The van der Waals surface area contributed by atoms with Crippen LogP contribution in [0.3, 0.4) is 0 Å². The fraction of sp³-hybridized carbons (Fsp3) is 0.318. The van der Waals surface area contributed by atoms with Crippen molar-refractivity contribution in [2.45, 2.75) is 26.1 Å². The summed E-state index contributed by atoms with van der Waals surface area (Å²) in [6.07, 6.45) is 1.25. The van der Waals surface area contributed by atoms with Crippen LogP contribution in [0.5, 0.6) is 0 Å². The second kappa shape index (κ2) is 11.8. The minimum Gasteiger partial charge on any atom is -0.475 e. The van der Waals surface area contributed by atoms with E-state index in [1.807, 2.05) is 51.9 Å². The summed E-state index contributed by atoms with van der Waals surface area (Å²) in [5.74, 6) is -2.32. The van der Waals surface area contributed by atoms with Gasteiger partial charge in [-0.1, -0.05) is 6.07 Å². The van der Waals surface area contributed by atoms with E-state index in [9.17, 15) is 18.0 Å². The largest absolute Gasteiger partial charge is 0.490 e. The molecule has 0 saturated carbocycles. The number of aryl methyl sites for hydroxylation is 1. The van der Waals surface area contributed by atoms with Gasteiger partial charge in [-0.25, -0.2) is 19.7 Å². The zero-order chi connectivity index (χ0) is 26.3. The number of imidazole rings is 2. The molecule has 2 N–H and O–H groups in total. The van der Waals surface area contributed by atoms with Crippen molar-refractivity contribution in [2.75, 3.05) is 20.3 Å². The van der Waals surface area contributed by atoms with E-state index in [2.05, 4.69) is 20.3 Å². The lowest BCUT2D eigenvalue weighted by atomic mass is 10.3. The highest BCUT2D eigenvalue weighted by Crippen LogP contribution is 2.22. The van der Waals surface area contributed by atoms with Crippen molar-refractivity contribution in [1.29, 1.82) is 0 Å². The molecule has 0 aliphatic carbocycles. The minimum absolute atomic E-state index is 0.201. The van der Waals surface area contributed by atoms with Gasteiger partial charge in [-0.3, -0.25) is 9.20 Å². The monoisotopic (exact) mass is 524 g/mol. The average molecular weight is 525 g/mol. The fourth-order valence-corrected chi connectivity index (χ4v) is 3.72. The van der Waals surface area contributed by atoms with E-state index in [1.54, 1.807) is 24.8 Å². The molecule has 0 atom stereocenters. The molecule has 0 saturated heterocycles. The first-order chi connectivity index (χ1) is 17.1. The molecule has 1 amide bonds. The maximum atomic E-state index is 12.7. The summed E-state index contributed by atoms with van der Waals surface area (Å²) >= 11 is 1.63. The van der Waals surface area contributed by atoms with Crippen LogP contribution < -0.4 is 5.32 Å². The van der Waals surface area contributed by atoms with Gasteiger partial charge in [0.05, 0.1) is 29.1 Å². The van der Waals surface area contributed by atoms with Crippen LogP contribution in [0.4, 0.5) is 13.2 Å². The van der Waals surface area contributed by atoms with Crippen LogP contribution in [0.25, 0.3) is 17.0 Å². The number of rotatable bonds is 8. The van der Waals surface area contributed by atoms with Crippen LogP contribution in [-0.4, -0.2) is 67.3 Å². The number of alkyl halides is 3. The number of hydrogen-bond donors (Lipinski definition) is 2. The summed E-state index contributed by atoms with van der Waals surface area (Å²) in [5.41, 5.74) is 2.84. The molecule has 4 rings (SSSR count). The molecular formula is C22H23F3N6O4S. The first kappa shape index (κ1) is 26.8. The molecule has 36 heavy (non-hydrogen) atoms. The highest BCUT2D eigenvalue weighted by Gasteiger charge is 2.38. The number of thiazole rings is 1. The first-order valence-corrected chi connectivity index (χ1v) is 11.5. The Morgan fingerprint density at radius 3 is 2.64 bits per heavy atom. The van der Waals surface area contributed by atoms with E-state index in [4.69, 9.17) is 14.6 Å². The molecular weight excluding hydrogens is 501 g/mol. The lowest BCUT2D eigenvalue weighted by Gasteiger charge is -2.02. The van der Waals surface area contributed by atoms with Crippen molar-refractivity contribution in [2.24, 2.45) is 0 Å². The van der Waals surface area contributed by atoms with Crippen LogP contribution in [-0.2, 0) is 16.1 Å². The number of carboxylic acid groups (broad SMARTS) is 1. The molecule has 10 nitrogen and oxygen atoms in total. The summed E-state index contributed by atoms with van der Waals surface area (Å²) in [4.78, 5) is 35.2. The van der Waals surface area contributed by atoms with Crippen molar-refractivity contribution < 1.29 is 32.6 Å². The number of ether oxygens (including phenoxy) is 1. The Morgan fingerprint density at radius 2 is 2.00 bits per heavy atom. The van der Waals surface area contributed by atoms with Crippen molar-refractivity contribution in [3.63, 3.8) is 0 Å². The Kier molecular flexibility index (Phi) is 8.77. The number of carbonyl (C=O) groups excluding carboxylic acids is 1. The second-order valence-electron chi connectivity index (χ2n) is 7.43. The molecule has 0 bridgehead atoms. The SMILES string of the molecule is COCCCNC(=O)c1nc(-c2cn(Cc3csc(C)n3)cn2)n2ccccc12.O=C(O)C(F)(F)F. The topological polar surface area (TPSA) is 124 Å². The molecule has 0 radical (unpaired) electrons. The van der Waals surface area contributed by atoms with E-state index in [1.165, 1.54) is 0 Å². The fourth-order valence-electron chi connectivity index (χ4n) is 3.12. The Morgan fingerprint density at radius 1 is 1.25 bits per heavy atom. The molecule has 0 spiro atoms. The molecule has 0 fully saturated rings. The van der Waals surface area contributed by atoms with Crippen molar-refractivity contribution in [3.05, 3.63) is 58.7 Å². The van der Waals surface area contributed by atoms with Gasteiger partial charge in [0.25, 0.3) is 5.91 Å². The normalized spacial score (nSPS) is 11.2. The third-order valence-electron chi connectivity index (χ3n) is 4.69. The van der Waals surface area contributed by atoms with Gasteiger partial charge in [0.1, 0.15) is 5.69 Å². The number of nitrogens with one attached hydrogen (secondary N) is 1. The molecule has 0 aliphatic heterocycles. The number of methoxy groups -OCH3 is 1. The van der Waals surface area contributed by atoms with Gasteiger partial charge in [0.15, 0.2) is 11.5 Å². The number of halogens is 3. The number of aliphatic carboxylic acids is 1. The quantitative estimate of drug-likeness (QED) is 0.339. The molecule has 0 unspecified atom stereocenters. The van der Waals surface area contributed by atoms with Crippen molar-refractivity contribution >= 4 is 28.7 Å². The van der Waals surface area contributed by atoms with Crippen LogP contribution in [0.1, 0.15) is 27.6 Å². The summed E-state index contributed by atoms with van der Waals surface area (Å²) < 4.78 is 40.6. The number of carbonyl (C=O) groups is 2. The number of nitrogens with zero attached hydrogens (tertiary/aromatic N) is 5. The number of amides is 1. The van der Waals surface area contributed by atoms with E-state index in [0.29, 0.717) is 36.9 Å². The smallest absolute Gasteiger partial charge is 0.475 e. The van der Waals surface area contributed by atoms with Gasteiger partial charge in [0, 0.05) is 38.0 Å². The number of aromatic nitrogens is 5. The maximum Gasteiger partial charge on any atom is 0.490 e. The second-order valence-corrected chi connectivity index (χ2v) is 8.50. The van der Waals surface area contributed by atoms with E-state index in [0.717, 1.165) is 22.6 Å².